The van der Waals surface area contributed by atoms with Gasteiger partial charge in [0.15, 0.2) is 5.16 Å². The molecule has 0 amide bonds. The van der Waals surface area contributed by atoms with Crippen molar-refractivity contribution in [2.45, 2.75) is 17.9 Å². The third-order valence-corrected chi connectivity index (χ3v) is 1.99. The van der Waals surface area contributed by atoms with Crippen LogP contribution in [0.4, 0.5) is 13.2 Å². The molecule has 0 unspecified atom stereocenters. The molecule has 0 saturated carbocycles. The second kappa shape index (κ2) is 4.14. The zero-order valence-corrected chi connectivity index (χ0v) is 8.11. The molecule has 7 heteroatoms. The van der Waals surface area contributed by atoms with E-state index in [2.05, 4.69) is 9.97 Å². The van der Waals surface area contributed by atoms with Crippen LogP contribution in [0.15, 0.2) is 11.2 Å². The topological polar surface area (TPSA) is 51.8 Å². The fourth-order valence-electron chi connectivity index (χ4n) is 0.814. The molecular formula is C7H8F3N3S. The van der Waals surface area contributed by atoms with E-state index in [0.29, 0.717) is 0 Å². The Kier molecular flexibility index (Phi) is 3.33. The molecule has 3 nitrogen and oxygen atoms in total. The van der Waals surface area contributed by atoms with Gasteiger partial charge in [-0.15, -0.1) is 0 Å². The Morgan fingerprint density at radius 2 is 2.07 bits per heavy atom. The van der Waals surface area contributed by atoms with Gasteiger partial charge in [-0.05, 0) is 12.3 Å². The van der Waals surface area contributed by atoms with E-state index in [1.54, 1.807) is 6.26 Å². The molecule has 14 heavy (non-hydrogen) atoms. The van der Waals surface area contributed by atoms with Crippen molar-refractivity contribution >= 4 is 11.8 Å². The number of nitrogens with two attached hydrogens (primary N) is 1. The number of aromatic nitrogens is 2. The van der Waals surface area contributed by atoms with Gasteiger partial charge in [0.2, 0.25) is 0 Å². The molecule has 1 heterocycles. The van der Waals surface area contributed by atoms with Crippen LogP contribution in [-0.2, 0) is 12.7 Å². The van der Waals surface area contributed by atoms with Crippen molar-refractivity contribution in [1.29, 1.82) is 0 Å². The van der Waals surface area contributed by atoms with Crippen molar-refractivity contribution < 1.29 is 13.2 Å². The highest BCUT2D eigenvalue weighted by Gasteiger charge is 2.33. The molecule has 1 aromatic heterocycles. The van der Waals surface area contributed by atoms with Gasteiger partial charge in [0.05, 0.1) is 5.69 Å². The van der Waals surface area contributed by atoms with Crippen LogP contribution in [0.3, 0.4) is 0 Å². The Morgan fingerprint density at radius 3 is 2.50 bits per heavy atom. The highest BCUT2D eigenvalue weighted by Crippen LogP contribution is 2.28. The maximum atomic E-state index is 12.3. The van der Waals surface area contributed by atoms with E-state index in [4.69, 9.17) is 5.73 Å². The molecule has 78 valence electrons. The first-order chi connectivity index (χ1) is 6.47. The summed E-state index contributed by atoms with van der Waals surface area (Å²) in [6.07, 6.45) is -2.84. The van der Waals surface area contributed by atoms with Crippen molar-refractivity contribution in [3.63, 3.8) is 0 Å². The number of thioether (sulfide) groups is 1. The lowest BCUT2D eigenvalue weighted by Crippen LogP contribution is -2.12. The summed E-state index contributed by atoms with van der Waals surface area (Å²) in [4.78, 5) is 7.15. The zero-order valence-electron chi connectivity index (χ0n) is 7.30. The number of nitrogens with zero attached hydrogens (tertiary/aromatic N) is 2. The SMILES string of the molecule is CSc1nc(CN)cc(C(F)(F)F)n1. The number of rotatable bonds is 2. The predicted octanol–water partition coefficient (Wildman–Crippen LogP) is 1.68. The maximum absolute atomic E-state index is 12.3. The van der Waals surface area contributed by atoms with Crippen molar-refractivity contribution in [2.75, 3.05) is 6.26 Å². The lowest BCUT2D eigenvalue weighted by molar-refractivity contribution is -0.141. The van der Waals surface area contributed by atoms with Crippen LogP contribution in [-0.4, -0.2) is 16.2 Å². The Labute approximate surface area is 82.9 Å². The van der Waals surface area contributed by atoms with Gasteiger partial charge in [0.25, 0.3) is 0 Å². The molecule has 0 atom stereocenters. The van der Waals surface area contributed by atoms with Crippen molar-refractivity contribution in [2.24, 2.45) is 5.73 Å². The molecule has 0 aromatic carbocycles. The van der Waals surface area contributed by atoms with E-state index < -0.39 is 11.9 Å². The lowest BCUT2D eigenvalue weighted by Gasteiger charge is -2.08. The molecule has 0 aliphatic rings. The third-order valence-electron chi connectivity index (χ3n) is 1.44. The highest BCUT2D eigenvalue weighted by atomic mass is 32.2. The van der Waals surface area contributed by atoms with Gasteiger partial charge in [0.1, 0.15) is 5.69 Å². The van der Waals surface area contributed by atoms with Gasteiger partial charge in [-0.1, -0.05) is 11.8 Å². The first kappa shape index (κ1) is 11.3. The molecule has 0 aliphatic carbocycles. The van der Waals surface area contributed by atoms with Crippen molar-refractivity contribution in [1.82, 2.24) is 9.97 Å². The van der Waals surface area contributed by atoms with Gasteiger partial charge >= 0.3 is 6.18 Å². The summed E-state index contributed by atoms with van der Waals surface area (Å²) in [7, 11) is 0. The van der Waals surface area contributed by atoms with Crippen LogP contribution in [0.5, 0.6) is 0 Å². The summed E-state index contributed by atoms with van der Waals surface area (Å²) >= 11 is 1.05. The molecule has 0 spiro atoms. The average molecular weight is 223 g/mol. The molecule has 0 fully saturated rings. The number of hydrogen-bond acceptors (Lipinski definition) is 4. The van der Waals surface area contributed by atoms with E-state index in [0.717, 1.165) is 17.8 Å². The molecule has 0 radical (unpaired) electrons. The molecule has 0 aliphatic heterocycles. The van der Waals surface area contributed by atoms with Crippen LogP contribution in [0.25, 0.3) is 0 Å². The van der Waals surface area contributed by atoms with Gasteiger partial charge in [-0.3, -0.25) is 0 Å². The standard InChI is InChI=1S/C7H8F3N3S/c1-14-6-12-4(3-11)2-5(13-6)7(8,9)10/h2H,3,11H2,1H3. The van der Waals surface area contributed by atoms with Crippen LogP contribution >= 0.6 is 11.8 Å². The molecule has 2 N–H and O–H groups in total. The normalized spacial score (nSPS) is 11.8. The fraction of sp³-hybridized carbons (Fsp3) is 0.429. The molecule has 0 bridgehead atoms. The van der Waals surface area contributed by atoms with Gasteiger partial charge in [-0.25, -0.2) is 9.97 Å². The number of halogens is 3. The minimum absolute atomic E-state index is 0.0286. The third kappa shape index (κ3) is 2.58. The van der Waals surface area contributed by atoms with Gasteiger partial charge in [-0.2, -0.15) is 13.2 Å². The first-order valence-corrected chi connectivity index (χ1v) is 4.89. The van der Waals surface area contributed by atoms with Crippen LogP contribution in [0, 0.1) is 0 Å². The molecule has 1 rings (SSSR count). The monoisotopic (exact) mass is 223 g/mol. The fourth-order valence-corrected chi connectivity index (χ4v) is 1.21. The smallest absolute Gasteiger partial charge is 0.325 e. The summed E-state index contributed by atoms with van der Waals surface area (Å²) in [6, 6.07) is 0.861. The Morgan fingerprint density at radius 1 is 1.43 bits per heavy atom. The van der Waals surface area contributed by atoms with E-state index >= 15 is 0 Å². The summed E-state index contributed by atoms with van der Waals surface area (Å²) in [5.41, 5.74) is 4.46. The Balaban J connectivity index is 3.17. The Hall–Kier alpha value is -0.820. The zero-order chi connectivity index (χ0) is 10.8. The average Bonchev–Trinajstić information content (AvgIpc) is 2.15. The largest absolute Gasteiger partial charge is 0.433 e. The Bertz CT molecular complexity index is 304. The van der Waals surface area contributed by atoms with E-state index in [9.17, 15) is 13.2 Å². The van der Waals surface area contributed by atoms with Gasteiger partial charge in [0, 0.05) is 6.54 Å². The number of hydrogen-bond donors (Lipinski definition) is 1. The summed E-state index contributed by atoms with van der Waals surface area (Å²) in [5, 5.41) is 0.0836. The maximum Gasteiger partial charge on any atom is 0.433 e. The van der Waals surface area contributed by atoms with Crippen LogP contribution in [0.1, 0.15) is 11.4 Å². The minimum Gasteiger partial charge on any atom is -0.325 e. The molecule has 1 aromatic rings. The lowest BCUT2D eigenvalue weighted by atomic mass is 10.3. The quantitative estimate of drug-likeness (QED) is 0.612. The summed E-state index contributed by atoms with van der Waals surface area (Å²) in [5.74, 6) is 0. The van der Waals surface area contributed by atoms with Crippen molar-refractivity contribution in [3.05, 3.63) is 17.5 Å². The van der Waals surface area contributed by atoms with Crippen molar-refractivity contribution in [3.8, 4) is 0 Å². The summed E-state index contributed by atoms with van der Waals surface area (Å²) in [6.45, 7) is -0.0286. The minimum atomic E-state index is -4.45. The molecule has 0 saturated heterocycles. The number of alkyl halides is 3. The van der Waals surface area contributed by atoms with Crippen LogP contribution < -0.4 is 5.73 Å². The van der Waals surface area contributed by atoms with E-state index in [-0.39, 0.29) is 17.4 Å². The first-order valence-electron chi connectivity index (χ1n) is 3.66. The second-order valence-electron chi connectivity index (χ2n) is 2.43. The van der Waals surface area contributed by atoms with Crippen LogP contribution in [0.2, 0.25) is 0 Å². The second-order valence-corrected chi connectivity index (χ2v) is 3.21. The summed E-state index contributed by atoms with van der Waals surface area (Å²) < 4.78 is 36.8. The highest BCUT2D eigenvalue weighted by molar-refractivity contribution is 7.98. The van der Waals surface area contributed by atoms with E-state index in [1.807, 2.05) is 0 Å². The van der Waals surface area contributed by atoms with Gasteiger partial charge < -0.3 is 5.73 Å². The molecular weight excluding hydrogens is 215 g/mol. The predicted molar refractivity (Wildman–Crippen MR) is 46.7 cm³/mol. The van der Waals surface area contributed by atoms with E-state index in [1.165, 1.54) is 0 Å².